The van der Waals surface area contributed by atoms with Gasteiger partial charge in [0.1, 0.15) is 0 Å². The third-order valence-corrected chi connectivity index (χ3v) is 1.39. The van der Waals surface area contributed by atoms with Crippen LogP contribution in [0.2, 0.25) is 0 Å². The molecule has 58 valence electrons. The molecule has 1 aromatic heterocycles. The van der Waals surface area contributed by atoms with Crippen molar-refractivity contribution < 1.29 is 5.11 Å². The van der Waals surface area contributed by atoms with Crippen molar-refractivity contribution in [2.24, 2.45) is 5.73 Å². The smallest absolute Gasteiger partial charge is 0.175 e. The Kier molecular flexibility index (Phi) is 2.03. The first-order valence-corrected chi connectivity index (χ1v) is 3.23. The molecule has 0 aliphatic carbocycles. The Morgan fingerprint density at radius 3 is 2.82 bits per heavy atom. The molecule has 3 heteroatoms. The summed E-state index contributed by atoms with van der Waals surface area (Å²) in [5, 5.41) is 9.39. The zero-order valence-electron chi connectivity index (χ0n) is 6.07. The van der Waals surface area contributed by atoms with Crippen molar-refractivity contribution in [3.05, 3.63) is 42.7 Å². The number of aromatic nitrogens is 1. The van der Waals surface area contributed by atoms with E-state index in [0.29, 0.717) is 5.69 Å². The molecule has 3 N–H and O–H groups in total. The predicted molar refractivity (Wildman–Crippen MR) is 42.5 cm³/mol. The summed E-state index contributed by atoms with van der Waals surface area (Å²) in [6.07, 6.45) is 2.81. The van der Waals surface area contributed by atoms with Crippen LogP contribution in [0.3, 0.4) is 0 Å². The van der Waals surface area contributed by atoms with Crippen LogP contribution in [-0.4, -0.2) is 10.1 Å². The second kappa shape index (κ2) is 2.82. The van der Waals surface area contributed by atoms with E-state index in [1.165, 1.54) is 6.08 Å². The highest BCUT2D eigenvalue weighted by atomic mass is 16.3. The molecule has 0 bridgehead atoms. The van der Waals surface area contributed by atoms with Gasteiger partial charge < -0.3 is 5.11 Å². The SMILES string of the molecule is C=CC(N)(O)c1ccccn1. The largest absolute Gasteiger partial charge is 0.367 e. The fraction of sp³-hybridized carbons (Fsp3) is 0.125. The average molecular weight is 150 g/mol. The molecule has 0 aliphatic heterocycles. The number of aliphatic hydroxyl groups is 1. The summed E-state index contributed by atoms with van der Waals surface area (Å²) in [7, 11) is 0. The van der Waals surface area contributed by atoms with Gasteiger partial charge in [0.25, 0.3) is 0 Å². The van der Waals surface area contributed by atoms with Crippen LogP contribution in [0.1, 0.15) is 5.69 Å². The highest BCUT2D eigenvalue weighted by Crippen LogP contribution is 2.11. The van der Waals surface area contributed by atoms with Crippen LogP contribution in [0.4, 0.5) is 0 Å². The Balaban J connectivity index is 3.02. The summed E-state index contributed by atoms with van der Waals surface area (Å²) in [5.41, 5.74) is 4.30. The lowest BCUT2D eigenvalue weighted by Gasteiger charge is -2.16. The van der Waals surface area contributed by atoms with E-state index in [1.807, 2.05) is 0 Å². The van der Waals surface area contributed by atoms with Crippen molar-refractivity contribution >= 4 is 0 Å². The maximum Gasteiger partial charge on any atom is 0.175 e. The quantitative estimate of drug-likeness (QED) is 0.473. The fourth-order valence-corrected chi connectivity index (χ4v) is 0.704. The number of hydrogen-bond donors (Lipinski definition) is 2. The molecule has 1 rings (SSSR count). The van der Waals surface area contributed by atoms with Crippen molar-refractivity contribution in [1.29, 1.82) is 0 Å². The molecule has 0 aliphatic rings. The van der Waals surface area contributed by atoms with Crippen LogP contribution < -0.4 is 5.73 Å². The van der Waals surface area contributed by atoms with Crippen LogP contribution in [0.25, 0.3) is 0 Å². The molecule has 11 heavy (non-hydrogen) atoms. The molecule has 0 radical (unpaired) electrons. The lowest BCUT2D eigenvalue weighted by molar-refractivity contribution is 0.0928. The van der Waals surface area contributed by atoms with E-state index in [1.54, 1.807) is 24.4 Å². The van der Waals surface area contributed by atoms with Crippen molar-refractivity contribution in [2.45, 2.75) is 5.72 Å². The van der Waals surface area contributed by atoms with Crippen molar-refractivity contribution in [3.8, 4) is 0 Å². The monoisotopic (exact) mass is 150 g/mol. The van der Waals surface area contributed by atoms with Gasteiger partial charge in [0, 0.05) is 6.20 Å². The molecule has 1 unspecified atom stereocenters. The van der Waals surface area contributed by atoms with Gasteiger partial charge in [0.05, 0.1) is 5.69 Å². The number of nitrogens with two attached hydrogens (primary N) is 1. The van der Waals surface area contributed by atoms with Gasteiger partial charge in [-0.2, -0.15) is 0 Å². The Morgan fingerprint density at radius 2 is 2.36 bits per heavy atom. The lowest BCUT2D eigenvalue weighted by Crippen LogP contribution is -2.34. The van der Waals surface area contributed by atoms with E-state index in [-0.39, 0.29) is 0 Å². The molecule has 0 aromatic carbocycles. The molecular weight excluding hydrogens is 140 g/mol. The molecule has 3 nitrogen and oxygen atoms in total. The Labute approximate surface area is 65.2 Å². The standard InChI is InChI=1S/C8H10N2O/c1-2-8(9,11)7-5-3-4-6-10-7/h2-6,11H,1,9H2. The van der Waals surface area contributed by atoms with E-state index in [2.05, 4.69) is 11.6 Å². The van der Waals surface area contributed by atoms with Crippen LogP contribution in [0.15, 0.2) is 37.1 Å². The summed E-state index contributed by atoms with van der Waals surface area (Å²) in [4.78, 5) is 3.88. The van der Waals surface area contributed by atoms with Crippen molar-refractivity contribution in [1.82, 2.24) is 4.98 Å². The van der Waals surface area contributed by atoms with Crippen LogP contribution in [-0.2, 0) is 5.72 Å². The second-order valence-electron chi connectivity index (χ2n) is 2.24. The first kappa shape index (κ1) is 7.91. The second-order valence-corrected chi connectivity index (χ2v) is 2.24. The number of rotatable bonds is 2. The maximum atomic E-state index is 9.39. The summed E-state index contributed by atoms with van der Waals surface area (Å²) in [6, 6.07) is 5.15. The molecular formula is C8H10N2O. The minimum absolute atomic E-state index is 0.398. The van der Waals surface area contributed by atoms with E-state index >= 15 is 0 Å². The maximum absolute atomic E-state index is 9.39. The van der Waals surface area contributed by atoms with Crippen LogP contribution >= 0.6 is 0 Å². The van der Waals surface area contributed by atoms with Crippen molar-refractivity contribution in [2.75, 3.05) is 0 Å². The van der Waals surface area contributed by atoms with Gasteiger partial charge in [-0.05, 0) is 18.2 Å². The molecule has 0 spiro atoms. The number of pyridine rings is 1. The minimum atomic E-state index is -1.51. The topological polar surface area (TPSA) is 59.1 Å². The van der Waals surface area contributed by atoms with E-state index in [9.17, 15) is 5.11 Å². The molecule has 1 aromatic rings. The highest BCUT2D eigenvalue weighted by Gasteiger charge is 2.19. The molecule has 1 atom stereocenters. The molecule has 0 amide bonds. The van der Waals surface area contributed by atoms with Gasteiger partial charge in [-0.3, -0.25) is 10.7 Å². The number of nitrogens with zero attached hydrogens (tertiary/aromatic N) is 1. The van der Waals surface area contributed by atoms with Crippen molar-refractivity contribution in [3.63, 3.8) is 0 Å². The van der Waals surface area contributed by atoms with Gasteiger partial charge in [-0.25, -0.2) is 0 Å². The summed E-state index contributed by atoms with van der Waals surface area (Å²) < 4.78 is 0. The molecule has 0 saturated heterocycles. The van der Waals surface area contributed by atoms with Crippen LogP contribution in [0.5, 0.6) is 0 Å². The number of hydrogen-bond acceptors (Lipinski definition) is 3. The van der Waals surface area contributed by atoms with Gasteiger partial charge >= 0.3 is 0 Å². The Bertz CT molecular complexity index is 244. The van der Waals surface area contributed by atoms with E-state index < -0.39 is 5.72 Å². The van der Waals surface area contributed by atoms with E-state index in [0.717, 1.165) is 0 Å². The van der Waals surface area contributed by atoms with Gasteiger partial charge in [0.2, 0.25) is 0 Å². The molecule has 0 fully saturated rings. The zero-order valence-corrected chi connectivity index (χ0v) is 6.07. The van der Waals surface area contributed by atoms with Gasteiger partial charge in [-0.15, -0.1) is 0 Å². The summed E-state index contributed by atoms with van der Waals surface area (Å²) in [6.45, 7) is 3.39. The first-order valence-electron chi connectivity index (χ1n) is 3.23. The molecule has 1 heterocycles. The fourth-order valence-electron chi connectivity index (χ4n) is 0.704. The first-order chi connectivity index (χ1) is 5.17. The predicted octanol–water partition coefficient (Wildman–Crippen LogP) is 0.371. The summed E-state index contributed by atoms with van der Waals surface area (Å²) >= 11 is 0. The molecule has 0 saturated carbocycles. The average Bonchev–Trinajstić information content (AvgIpc) is 2.06. The summed E-state index contributed by atoms with van der Waals surface area (Å²) in [5.74, 6) is 0. The Morgan fingerprint density at radius 1 is 1.64 bits per heavy atom. The lowest BCUT2D eigenvalue weighted by atomic mass is 10.1. The van der Waals surface area contributed by atoms with Gasteiger partial charge in [-0.1, -0.05) is 12.6 Å². The Hall–Kier alpha value is -1.19. The third kappa shape index (κ3) is 1.63. The van der Waals surface area contributed by atoms with E-state index in [4.69, 9.17) is 5.73 Å². The zero-order chi connectivity index (χ0) is 8.32. The third-order valence-electron chi connectivity index (χ3n) is 1.39. The normalized spacial score (nSPS) is 15.5. The van der Waals surface area contributed by atoms with Gasteiger partial charge in [0.15, 0.2) is 5.72 Å². The highest BCUT2D eigenvalue weighted by molar-refractivity contribution is 5.16. The van der Waals surface area contributed by atoms with Crippen LogP contribution in [0, 0.1) is 0 Å². The minimum Gasteiger partial charge on any atom is -0.367 e.